The summed E-state index contributed by atoms with van der Waals surface area (Å²) >= 11 is 0. The zero-order valence-electron chi connectivity index (χ0n) is 18.1. The van der Waals surface area contributed by atoms with E-state index in [1.165, 1.54) is 27.2 Å². The number of benzene rings is 1. The van der Waals surface area contributed by atoms with Gasteiger partial charge in [0.15, 0.2) is 0 Å². The van der Waals surface area contributed by atoms with Crippen molar-refractivity contribution in [2.45, 2.75) is 45.1 Å². The molecule has 11 heteroatoms. The largest absolute Gasteiger partial charge is 0.324 e. The zero-order valence-corrected chi connectivity index (χ0v) is 18.9. The van der Waals surface area contributed by atoms with E-state index in [0.29, 0.717) is 31.9 Å². The van der Waals surface area contributed by atoms with Gasteiger partial charge in [-0.05, 0) is 25.3 Å². The quantitative estimate of drug-likeness (QED) is 0.498. The molecule has 1 aromatic carbocycles. The highest BCUT2D eigenvalue weighted by Gasteiger charge is 2.34. The minimum atomic E-state index is -3.51. The molecular formula is C20H31N5O5S. The molecule has 0 bridgehead atoms. The summed E-state index contributed by atoms with van der Waals surface area (Å²) in [6, 6.07) is 4.41. The molecule has 10 nitrogen and oxygen atoms in total. The van der Waals surface area contributed by atoms with Gasteiger partial charge in [0.2, 0.25) is 5.91 Å². The number of carbonyl (C=O) groups excluding carboxylic acids is 1. The summed E-state index contributed by atoms with van der Waals surface area (Å²) in [4.78, 5) is 24.8. The smallest absolute Gasteiger partial charge is 0.282 e. The number of hydrogen-bond acceptors (Lipinski definition) is 6. The maximum atomic E-state index is 13.0. The Hall–Kier alpha value is -2.08. The molecule has 1 aliphatic heterocycles. The second-order valence-electron chi connectivity index (χ2n) is 8.30. The van der Waals surface area contributed by atoms with Crippen LogP contribution in [0.25, 0.3) is 0 Å². The third-order valence-corrected chi connectivity index (χ3v) is 8.23. The minimum Gasteiger partial charge on any atom is -0.324 e. The predicted octanol–water partition coefficient (Wildman–Crippen LogP) is 1.97. The van der Waals surface area contributed by atoms with Crippen LogP contribution >= 0.6 is 0 Å². The van der Waals surface area contributed by atoms with Crippen molar-refractivity contribution >= 4 is 27.5 Å². The Bertz CT molecular complexity index is 909. The number of aryl methyl sites for hydroxylation is 1. The number of hydrogen-bond donors (Lipinski definition) is 1. The van der Waals surface area contributed by atoms with Crippen LogP contribution in [0.5, 0.6) is 0 Å². The van der Waals surface area contributed by atoms with Gasteiger partial charge < -0.3 is 5.32 Å². The third kappa shape index (κ3) is 5.79. The summed E-state index contributed by atoms with van der Waals surface area (Å²) in [5.41, 5.74) is 1.07. The number of amides is 1. The van der Waals surface area contributed by atoms with Crippen molar-refractivity contribution < 1.29 is 18.1 Å². The number of nitro groups is 1. The molecule has 1 amide bonds. The van der Waals surface area contributed by atoms with E-state index in [1.807, 2.05) is 4.90 Å². The Kier molecular flexibility index (Phi) is 7.63. The maximum absolute atomic E-state index is 13.0. The van der Waals surface area contributed by atoms with Crippen LogP contribution in [0.2, 0.25) is 0 Å². The molecule has 0 aromatic heterocycles. The van der Waals surface area contributed by atoms with Crippen molar-refractivity contribution in [3.8, 4) is 0 Å². The molecule has 1 saturated heterocycles. The second-order valence-corrected chi connectivity index (χ2v) is 10.3. The molecule has 1 aromatic rings. The lowest BCUT2D eigenvalue weighted by molar-refractivity contribution is -0.384. The van der Waals surface area contributed by atoms with E-state index < -0.39 is 15.1 Å². The van der Waals surface area contributed by atoms with Crippen LogP contribution in [-0.2, 0) is 15.0 Å². The molecule has 172 valence electrons. The summed E-state index contributed by atoms with van der Waals surface area (Å²) in [6.07, 6.45) is 5.12. The van der Waals surface area contributed by atoms with E-state index >= 15 is 0 Å². The minimum absolute atomic E-state index is 0.0701. The van der Waals surface area contributed by atoms with Crippen LogP contribution in [0.1, 0.15) is 37.7 Å². The van der Waals surface area contributed by atoms with E-state index in [9.17, 15) is 23.3 Å². The van der Waals surface area contributed by atoms with E-state index in [1.54, 1.807) is 20.0 Å². The molecule has 0 unspecified atom stereocenters. The van der Waals surface area contributed by atoms with Crippen LogP contribution < -0.4 is 5.32 Å². The lowest BCUT2D eigenvalue weighted by atomic mass is 9.96. The average Bonchev–Trinajstić information content (AvgIpc) is 2.75. The van der Waals surface area contributed by atoms with Crippen molar-refractivity contribution in [1.82, 2.24) is 13.5 Å². The summed E-state index contributed by atoms with van der Waals surface area (Å²) in [6.45, 7) is 3.46. The van der Waals surface area contributed by atoms with Crippen molar-refractivity contribution in [1.29, 1.82) is 0 Å². The topological polar surface area (TPSA) is 116 Å². The predicted molar refractivity (Wildman–Crippen MR) is 118 cm³/mol. The molecule has 0 radical (unpaired) electrons. The van der Waals surface area contributed by atoms with E-state index in [4.69, 9.17) is 0 Å². The van der Waals surface area contributed by atoms with Gasteiger partial charge >= 0.3 is 0 Å². The molecule has 1 saturated carbocycles. The van der Waals surface area contributed by atoms with Gasteiger partial charge in [0.1, 0.15) is 0 Å². The van der Waals surface area contributed by atoms with E-state index in [-0.39, 0.29) is 24.2 Å². The first kappa shape index (κ1) is 23.6. The fraction of sp³-hybridized carbons (Fsp3) is 0.650. The van der Waals surface area contributed by atoms with Crippen molar-refractivity contribution in [2.24, 2.45) is 0 Å². The standard InChI is InChI=1S/C20H31N5O5S/c1-16-8-9-18(25(27)28)14-19(16)21-20(26)15-23-10-12-24(13-11-23)31(29,30)22(2)17-6-4-3-5-7-17/h8-9,14,17H,3-7,10-13,15H2,1-2H3,(H,21,26). The highest BCUT2D eigenvalue weighted by atomic mass is 32.2. The maximum Gasteiger partial charge on any atom is 0.282 e. The van der Waals surface area contributed by atoms with Gasteiger partial charge in [-0.3, -0.25) is 19.8 Å². The molecule has 1 heterocycles. The van der Waals surface area contributed by atoms with Crippen LogP contribution in [0.15, 0.2) is 18.2 Å². The first-order valence-corrected chi connectivity index (χ1v) is 12.1. The summed E-state index contributed by atoms with van der Waals surface area (Å²) < 4.78 is 29.0. The fourth-order valence-electron chi connectivity index (χ4n) is 4.18. The summed E-state index contributed by atoms with van der Waals surface area (Å²) in [7, 11) is -1.83. The van der Waals surface area contributed by atoms with Gasteiger partial charge in [0.05, 0.1) is 17.2 Å². The Morgan fingerprint density at radius 3 is 2.45 bits per heavy atom. The molecule has 2 fully saturated rings. The van der Waals surface area contributed by atoms with Gasteiger partial charge in [0.25, 0.3) is 15.9 Å². The number of nitrogens with zero attached hydrogens (tertiary/aromatic N) is 4. The zero-order chi connectivity index (χ0) is 22.6. The van der Waals surface area contributed by atoms with Gasteiger partial charge in [-0.1, -0.05) is 25.3 Å². The number of rotatable bonds is 7. The molecule has 0 spiro atoms. The summed E-state index contributed by atoms with van der Waals surface area (Å²) in [5, 5.41) is 13.7. The average molecular weight is 454 g/mol. The fourth-order valence-corrected chi connectivity index (χ4v) is 5.76. The van der Waals surface area contributed by atoms with Gasteiger partial charge in [-0.2, -0.15) is 17.0 Å². The summed E-state index contributed by atoms with van der Waals surface area (Å²) in [5.74, 6) is -0.278. The SMILES string of the molecule is Cc1ccc([N+](=O)[O-])cc1NC(=O)CN1CCN(S(=O)(=O)N(C)C2CCCCC2)CC1. The normalized spacial score (nSPS) is 19.5. The molecule has 3 rings (SSSR count). The van der Waals surface area contributed by atoms with Crippen molar-refractivity contribution in [3.05, 3.63) is 33.9 Å². The highest BCUT2D eigenvalue weighted by molar-refractivity contribution is 7.86. The Labute approximate surface area is 183 Å². The third-order valence-electron chi connectivity index (χ3n) is 6.18. The molecule has 1 aliphatic carbocycles. The number of nitrogens with one attached hydrogen (secondary N) is 1. The van der Waals surface area contributed by atoms with Crippen LogP contribution in [0.3, 0.4) is 0 Å². The second kappa shape index (κ2) is 10.0. The van der Waals surface area contributed by atoms with Gasteiger partial charge in [0, 0.05) is 51.4 Å². The lowest BCUT2D eigenvalue weighted by Gasteiger charge is -2.38. The first-order valence-electron chi connectivity index (χ1n) is 10.7. The van der Waals surface area contributed by atoms with Crippen LogP contribution in [0, 0.1) is 17.0 Å². The van der Waals surface area contributed by atoms with Gasteiger partial charge in [-0.15, -0.1) is 0 Å². The van der Waals surface area contributed by atoms with Crippen LogP contribution in [-0.4, -0.2) is 78.6 Å². The highest BCUT2D eigenvalue weighted by Crippen LogP contribution is 2.25. The van der Waals surface area contributed by atoms with Crippen molar-refractivity contribution in [3.63, 3.8) is 0 Å². The van der Waals surface area contributed by atoms with E-state index in [0.717, 1.165) is 31.2 Å². The Morgan fingerprint density at radius 1 is 1.19 bits per heavy atom. The van der Waals surface area contributed by atoms with E-state index in [2.05, 4.69) is 5.32 Å². The number of nitro benzene ring substituents is 1. The van der Waals surface area contributed by atoms with Crippen LogP contribution in [0.4, 0.5) is 11.4 Å². The Balaban J connectivity index is 1.52. The van der Waals surface area contributed by atoms with Gasteiger partial charge in [-0.25, -0.2) is 0 Å². The Morgan fingerprint density at radius 2 is 1.84 bits per heavy atom. The molecule has 2 aliphatic rings. The lowest BCUT2D eigenvalue weighted by Crippen LogP contribution is -2.55. The number of anilines is 1. The molecule has 31 heavy (non-hydrogen) atoms. The number of piperazine rings is 1. The molecule has 0 atom stereocenters. The molecular weight excluding hydrogens is 422 g/mol. The first-order chi connectivity index (χ1) is 14.7. The van der Waals surface area contributed by atoms with Crippen molar-refractivity contribution in [2.75, 3.05) is 45.1 Å². The molecule has 1 N–H and O–H groups in total. The monoisotopic (exact) mass is 453 g/mol. The number of non-ortho nitro benzene ring substituents is 1. The number of carbonyl (C=O) groups is 1.